The number of methoxy groups -OCH3 is 1. The van der Waals surface area contributed by atoms with Crippen LogP contribution in [0.15, 0.2) is 109 Å². The first-order chi connectivity index (χ1) is 32.4. The summed E-state index contributed by atoms with van der Waals surface area (Å²) in [7, 11) is 6.55. The zero-order valence-electron chi connectivity index (χ0n) is 42.6. The molecule has 4 unspecified atom stereocenters. The fourth-order valence-corrected chi connectivity index (χ4v) is 6.49. The molecule has 1 saturated heterocycles. The highest BCUT2D eigenvalue weighted by Crippen LogP contribution is 2.22. The minimum Gasteiger partial charge on any atom is -0.516 e. The molecule has 386 valence electrons. The van der Waals surface area contributed by atoms with Gasteiger partial charge in [0, 0.05) is 69.1 Å². The van der Waals surface area contributed by atoms with Gasteiger partial charge in [0.25, 0.3) is 5.91 Å². The minimum atomic E-state index is -3.96. The Morgan fingerprint density at radius 1 is 1.10 bits per heavy atom. The van der Waals surface area contributed by atoms with Crippen LogP contribution >= 0.6 is 0 Å². The summed E-state index contributed by atoms with van der Waals surface area (Å²) in [5, 5.41) is 28.1. The van der Waals surface area contributed by atoms with Crippen LogP contribution in [0.1, 0.15) is 105 Å². The highest BCUT2D eigenvalue weighted by molar-refractivity contribution is 5.96. The lowest BCUT2D eigenvalue weighted by Crippen LogP contribution is -2.52. The van der Waals surface area contributed by atoms with Crippen molar-refractivity contribution in [2.24, 2.45) is 5.92 Å². The van der Waals surface area contributed by atoms with Gasteiger partial charge in [-0.3, -0.25) is 9.59 Å². The van der Waals surface area contributed by atoms with Gasteiger partial charge in [0.05, 0.1) is 25.6 Å². The summed E-state index contributed by atoms with van der Waals surface area (Å²) in [6, 6.07) is 0.672. The highest BCUT2D eigenvalue weighted by atomic mass is 19.4. The molecule has 0 bridgehead atoms. The van der Waals surface area contributed by atoms with E-state index in [1.807, 2.05) is 37.2 Å². The number of halogens is 4. The van der Waals surface area contributed by atoms with Gasteiger partial charge in [-0.25, -0.2) is 4.39 Å². The zero-order valence-corrected chi connectivity index (χ0v) is 42.6. The monoisotopic (exact) mass is 963 g/mol. The molecule has 1 aliphatic carbocycles. The molecule has 4 atom stereocenters. The number of nitrogens with zero attached hydrogens (tertiary/aromatic N) is 2. The minimum absolute atomic E-state index is 0.0889. The smallest absolute Gasteiger partial charge is 0.388 e. The molecule has 6 N–H and O–H groups in total. The van der Waals surface area contributed by atoms with Crippen molar-refractivity contribution >= 4 is 12.3 Å². The molecule has 0 aromatic heterocycles. The number of hydrogen-bond acceptors (Lipinski definition) is 9. The molecule has 15 heteroatoms. The molecule has 0 radical (unpaired) electrons. The lowest BCUT2D eigenvalue weighted by Gasteiger charge is -2.34. The molecule has 2 rings (SSSR count). The quantitative estimate of drug-likeness (QED) is 0.00732. The molecule has 1 aliphatic heterocycles. The summed E-state index contributed by atoms with van der Waals surface area (Å²) >= 11 is 0. The molecule has 1 saturated carbocycles. The molecule has 68 heavy (non-hydrogen) atoms. The Kier molecular flexibility index (Phi) is 38.2. The maximum atomic E-state index is 14.4. The van der Waals surface area contributed by atoms with E-state index >= 15 is 0 Å². The number of nitrogens with one attached hydrogen (secondary N) is 4. The number of aliphatic hydroxyl groups excluding tert-OH is 2. The van der Waals surface area contributed by atoms with Crippen molar-refractivity contribution in [2.75, 3.05) is 54.5 Å². The van der Waals surface area contributed by atoms with Crippen LogP contribution in [0, 0.1) is 17.8 Å². The summed E-state index contributed by atoms with van der Waals surface area (Å²) in [4.78, 5) is 26.9. The number of ether oxygens (including phenoxy) is 1. The molecule has 2 aliphatic rings. The molecule has 11 nitrogen and oxygen atoms in total. The average molecular weight is 963 g/mol. The maximum absolute atomic E-state index is 14.4. The van der Waals surface area contributed by atoms with E-state index in [4.69, 9.17) is 14.9 Å². The van der Waals surface area contributed by atoms with Crippen LogP contribution in [-0.4, -0.2) is 123 Å². The number of carbonyl (C=O) groups excluding carboxylic acids is 2. The number of amides is 2. The SMILES string of the molecule is C=C(/C(=C\C=C\O)CCNC=O)N(C)C(C)C(C)C.C=C/C(=C\C(=C\OC)NCC#C/C=C/C(=C/CCCC(C=C)NC1CCN(C)CC1F)CCC)C(=O)NC1CCC1.CCC(F)(F)F.CO. The predicted octanol–water partition coefficient (Wildman–Crippen LogP) is 9.67. The van der Waals surface area contributed by atoms with Gasteiger partial charge in [-0.1, -0.05) is 95.1 Å². The van der Waals surface area contributed by atoms with Crippen molar-refractivity contribution in [1.82, 2.24) is 31.1 Å². The number of rotatable bonds is 26. The number of aliphatic hydroxyl groups is 2. The number of carbonyl (C=O) groups is 2. The third-order valence-corrected chi connectivity index (χ3v) is 11.2. The van der Waals surface area contributed by atoms with E-state index in [0.29, 0.717) is 55.7 Å². The Morgan fingerprint density at radius 3 is 2.29 bits per heavy atom. The van der Waals surface area contributed by atoms with Crippen molar-refractivity contribution in [3.8, 4) is 11.8 Å². The van der Waals surface area contributed by atoms with Crippen molar-refractivity contribution in [3.63, 3.8) is 0 Å². The van der Waals surface area contributed by atoms with Crippen LogP contribution in [0.2, 0.25) is 0 Å². The van der Waals surface area contributed by atoms with E-state index in [2.05, 4.69) is 97.6 Å². The molecule has 2 fully saturated rings. The third kappa shape index (κ3) is 31.1. The van der Waals surface area contributed by atoms with Crippen LogP contribution in [0.3, 0.4) is 0 Å². The summed E-state index contributed by atoms with van der Waals surface area (Å²) in [6.07, 6.45) is 22.2. The van der Waals surface area contributed by atoms with Gasteiger partial charge in [0.1, 0.15) is 12.4 Å². The Labute approximate surface area is 407 Å². The summed E-state index contributed by atoms with van der Waals surface area (Å²) in [5.74, 6) is 6.58. The molecule has 1 heterocycles. The Morgan fingerprint density at radius 2 is 1.78 bits per heavy atom. The van der Waals surface area contributed by atoms with Gasteiger partial charge in [0.2, 0.25) is 6.41 Å². The largest absolute Gasteiger partial charge is 0.516 e. The van der Waals surface area contributed by atoms with E-state index in [1.165, 1.54) is 5.57 Å². The fraction of sp³-hybridized carbons (Fsp3) is 0.585. The lowest BCUT2D eigenvalue weighted by molar-refractivity contribution is -0.130. The van der Waals surface area contributed by atoms with Crippen molar-refractivity contribution in [3.05, 3.63) is 109 Å². The van der Waals surface area contributed by atoms with Gasteiger partial charge in [-0.15, -0.1) is 6.58 Å². The zero-order chi connectivity index (χ0) is 51.9. The van der Waals surface area contributed by atoms with Gasteiger partial charge in [-0.05, 0) is 108 Å². The molecule has 0 spiro atoms. The fourth-order valence-electron chi connectivity index (χ4n) is 6.49. The van der Waals surface area contributed by atoms with Crippen LogP contribution < -0.4 is 21.3 Å². The van der Waals surface area contributed by atoms with Crippen molar-refractivity contribution in [2.45, 2.75) is 142 Å². The highest BCUT2D eigenvalue weighted by Gasteiger charge is 2.28. The number of piperidine rings is 1. The van der Waals surface area contributed by atoms with E-state index < -0.39 is 18.8 Å². The predicted molar refractivity (Wildman–Crippen MR) is 273 cm³/mol. The number of likely N-dealkylation sites (tertiary alicyclic amines) is 1. The topological polar surface area (TPSA) is 138 Å². The van der Waals surface area contributed by atoms with Crippen molar-refractivity contribution in [1.29, 1.82) is 0 Å². The molecule has 2 amide bonds. The summed E-state index contributed by atoms with van der Waals surface area (Å²) < 4.78 is 51.9. The van der Waals surface area contributed by atoms with Crippen LogP contribution in [0.25, 0.3) is 0 Å². The first-order valence-electron chi connectivity index (χ1n) is 23.7. The second-order valence-electron chi connectivity index (χ2n) is 16.7. The lowest BCUT2D eigenvalue weighted by atomic mass is 9.93. The first-order valence-corrected chi connectivity index (χ1v) is 23.7. The number of alkyl halides is 4. The second kappa shape index (κ2) is 39.9. The molecular weight excluding hydrogens is 877 g/mol. The van der Waals surface area contributed by atoms with Crippen LogP contribution in [0.4, 0.5) is 17.6 Å². The summed E-state index contributed by atoms with van der Waals surface area (Å²) in [6.45, 7) is 24.0. The number of likely N-dealkylation sites (N-methyl/N-ethyl adjacent to an activating group) is 1. The average Bonchev–Trinajstić information content (AvgIpc) is 3.30. The normalized spacial score (nSPS) is 17.9. The van der Waals surface area contributed by atoms with E-state index in [9.17, 15) is 27.2 Å². The molecule has 0 aromatic rings. The van der Waals surface area contributed by atoms with E-state index in [0.717, 1.165) is 95.9 Å². The van der Waals surface area contributed by atoms with Crippen LogP contribution in [-0.2, 0) is 14.3 Å². The van der Waals surface area contributed by atoms with Crippen molar-refractivity contribution < 1.29 is 42.1 Å². The van der Waals surface area contributed by atoms with Crippen LogP contribution in [0.5, 0.6) is 0 Å². The van der Waals surface area contributed by atoms with E-state index in [1.54, 1.807) is 31.6 Å². The van der Waals surface area contributed by atoms with Gasteiger partial charge < -0.3 is 46.0 Å². The number of hydrogen-bond donors (Lipinski definition) is 6. The number of allylic oxidation sites excluding steroid dienone is 8. The van der Waals surface area contributed by atoms with Gasteiger partial charge >= 0.3 is 6.18 Å². The van der Waals surface area contributed by atoms with Gasteiger partial charge in [0.15, 0.2) is 0 Å². The standard InChI is InChI=1S/C34H51FN4O2.C15H26N2O2.C3H5F3.CH4O/c1-6-15-27(17-11-12-18-29(8-3)37-33-21-23-39(4)25-32(33)35)16-10-9-13-22-36-31(26-41-5)24-28(7-2)34(40)38-30-19-14-20-30;1-12(2)13(3)17(5)14(4)15(7-6-10-18)8-9-16-11-19;1-2-3(4,5)6;1-2/h7-8,10,16-17,24,26,29-30,32-33,36-37H,2-3,6,11-12,14-15,18-23,25H2,1,4-5H3,(H,38,40);6-7,10-13,18H,4,8-9H2,1-3,5H3,(H,16,19);2H2,1H3;2H,1H3/b16-10+,27-17+,28-24+,31-26-;10-6+,15-7-;;. The Balaban J connectivity index is 0. The van der Waals surface area contributed by atoms with Gasteiger partial charge in [-0.2, -0.15) is 13.2 Å². The Hall–Kier alpha value is -5.04. The third-order valence-electron chi connectivity index (χ3n) is 11.2. The molecular formula is C53H86F4N6O5. The summed E-state index contributed by atoms with van der Waals surface area (Å²) in [5.41, 5.74) is 4.31. The Bertz CT molecular complexity index is 1690. The molecule has 0 aromatic carbocycles. The first kappa shape index (κ1) is 65.0. The van der Waals surface area contributed by atoms with E-state index in [-0.39, 0.29) is 24.0 Å². The number of unbranched alkanes of at least 4 members (excludes halogenated alkanes) is 1. The maximum Gasteiger partial charge on any atom is 0.388 e. The second-order valence-corrected chi connectivity index (χ2v) is 16.7.